The molecule has 1 saturated carbocycles. The number of rotatable bonds is 6. The average molecular weight is 418 g/mol. The van der Waals surface area contributed by atoms with Gasteiger partial charge < -0.3 is 10.4 Å². The fourth-order valence-electron chi connectivity index (χ4n) is 3.85. The minimum absolute atomic E-state index is 0.198. The van der Waals surface area contributed by atoms with Crippen molar-refractivity contribution in [2.24, 2.45) is 11.3 Å². The monoisotopic (exact) mass is 418 g/mol. The lowest BCUT2D eigenvalue weighted by molar-refractivity contribution is -0.0978. The van der Waals surface area contributed by atoms with Gasteiger partial charge in [0.2, 0.25) is 5.95 Å². The van der Waals surface area contributed by atoms with Gasteiger partial charge in [-0.05, 0) is 48.4 Å². The first-order valence-corrected chi connectivity index (χ1v) is 10.1. The number of nitriles is 1. The van der Waals surface area contributed by atoms with Gasteiger partial charge in [-0.3, -0.25) is 0 Å². The maximum atomic E-state index is 13.3. The van der Waals surface area contributed by atoms with Gasteiger partial charge in [0.15, 0.2) is 0 Å². The maximum Gasteiger partial charge on any atom is 0.223 e. The predicted molar refractivity (Wildman–Crippen MR) is 113 cm³/mol. The molecule has 0 saturated heterocycles. The molecule has 2 aromatic heterocycles. The lowest BCUT2D eigenvalue weighted by Crippen LogP contribution is -2.50. The molecule has 2 atom stereocenters. The zero-order valence-corrected chi connectivity index (χ0v) is 17.4. The third-order valence-electron chi connectivity index (χ3n) is 6.19. The summed E-state index contributed by atoms with van der Waals surface area (Å²) in [7, 11) is 0. The summed E-state index contributed by atoms with van der Waals surface area (Å²) in [5, 5.41) is 22.6. The van der Waals surface area contributed by atoms with Crippen LogP contribution in [0.2, 0.25) is 0 Å². The van der Waals surface area contributed by atoms with Crippen molar-refractivity contribution in [1.29, 1.82) is 5.26 Å². The lowest BCUT2D eigenvalue weighted by Gasteiger charge is -2.49. The standard InChI is InChI=1S/C23H23FN6O/c1-23(2)17(8-20(23)31)7-19-15(9-25)11-27-22(30-19)28-12-16-10-26-13-29-21(16)14-3-5-18(24)6-4-14/h3-6,10-11,13,17,20,31H,7-8,12H2,1-2H3,(H,27,28,30)/t17-,20-/m0/s1. The van der Waals surface area contributed by atoms with Gasteiger partial charge in [0, 0.05) is 23.9 Å². The second-order valence-electron chi connectivity index (χ2n) is 8.40. The van der Waals surface area contributed by atoms with E-state index in [1.165, 1.54) is 24.7 Å². The molecule has 2 N–H and O–H groups in total. The van der Waals surface area contributed by atoms with Gasteiger partial charge in [-0.1, -0.05) is 13.8 Å². The Morgan fingerprint density at radius 2 is 2.00 bits per heavy atom. The summed E-state index contributed by atoms with van der Waals surface area (Å²) in [4.78, 5) is 17.3. The van der Waals surface area contributed by atoms with Crippen LogP contribution >= 0.6 is 0 Å². The number of benzene rings is 1. The largest absolute Gasteiger partial charge is 0.393 e. The predicted octanol–water partition coefficient (Wildman–Crippen LogP) is 3.51. The number of hydrogen-bond acceptors (Lipinski definition) is 7. The Morgan fingerprint density at radius 3 is 2.68 bits per heavy atom. The molecule has 2 heterocycles. The Kier molecular flexibility index (Phi) is 5.61. The molecular weight excluding hydrogens is 395 g/mol. The van der Waals surface area contributed by atoms with Gasteiger partial charge >= 0.3 is 0 Å². The molecular formula is C23H23FN6O. The van der Waals surface area contributed by atoms with E-state index in [1.54, 1.807) is 18.3 Å². The van der Waals surface area contributed by atoms with Crippen molar-refractivity contribution in [3.05, 3.63) is 65.6 Å². The molecule has 0 unspecified atom stereocenters. The fraction of sp³-hybridized carbons (Fsp3) is 0.348. The van der Waals surface area contributed by atoms with Crippen LogP contribution in [-0.4, -0.2) is 31.1 Å². The lowest BCUT2D eigenvalue weighted by atomic mass is 9.58. The summed E-state index contributed by atoms with van der Waals surface area (Å²) in [5.41, 5.74) is 3.21. The van der Waals surface area contributed by atoms with Crippen LogP contribution in [0.5, 0.6) is 0 Å². The van der Waals surface area contributed by atoms with Crippen LogP contribution in [0.3, 0.4) is 0 Å². The number of aliphatic hydroxyl groups is 1. The number of hydrogen-bond donors (Lipinski definition) is 2. The number of aromatic nitrogens is 4. The molecule has 7 nitrogen and oxygen atoms in total. The minimum Gasteiger partial charge on any atom is -0.393 e. The summed E-state index contributed by atoms with van der Waals surface area (Å²) < 4.78 is 13.3. The van der Waals surface area contributed by atoms with E-state index >= 15 is 0 Å². The van der Waals surface area contributed by atoms with E-state index < -0.39 is 0 Å². The van der Waals surface area contributed by atoms with Gasteiger partial charge in [-0.2, -0.15) is 5.26 Å². The van der Waals surface area contributed by atoms with Crippen LogP contribution in [0.1, 0.15) is 37.1 Å². The summed E-state index contributed by atoms with van der Waals surface area (Å²) in [6.45, 7) is 4.43. The number of aliphatic hydroxyl groups excluding tert-OH is 1. The first-order valence-electron chi connectivity index (χ1n) is 10.1. The molecule has 0 radical (unpaired) electrons. The number of anilines is 1. The smallest absolute Gasteiger partial charge is 0.223 e. The topological polar surface area (TPSA) is 108 Å². The summed E-state index contributed by atoms with van der Waals surface area (Å²) >= 11 is 0. The third-order valence-corrected chi connectivity index (χ3v) is 6.19. The molecule has 3 aromatic rings. The SMILES string of the molecule is CC1(C)[C@@H](Cc2nc(NCc3cncnc3-c3ccc(F)cc3)ncc2C#N)C[C@@H]1O. The molecule has 1 aliphatic carbocycles. The van der Waals surface area contributed by atoms with Crippen LogP contribution in [-0.2, 0) is 13.0 Å². The fourth-order valence-corrected chi connectivity index (χ4v) is 3.85. The molecule has 0 amide bonds. The third kappa shape index (κ3) is 4.23. The number of halogens is 1. The highest BCUT2D eigenvalue weighted by Crippen LogP contribution is 2.47. The Labute approximate surface area is 180 Å². The Morgan fingerprint density at radius 1 is 1.23 bits per heavy atom. The number of nitrogens with zero attached hydrogens (tertiary/aromatic N) is 5. The Balaban J connectivity index is 1.52. The van der Waals surface area contributed by atoms with Crippen molar-refractivity contribution in [3.63, 3.8) is 0 Å². The van der Waals surface area contributed by atoms with Crippen molar-refractivity contribution in [1.82, 2.24) is 19.9 Å². The van der Waals surface area contributed by atoms with Crippen molar-refractivity contribution in [3.8, 4) is 17.3 Å². The van der Waals surface area contributed by atoms with Crippen LogP contribution in [0, 0.1) is 28.5 Å². The quantitative estimate of drug-likeness (QED) is 0.631. The molecule has 1 aromatic carbocycles. The molecule has 4 rings (SSSR count). The van der Waals surface area contributed by atoms with Crippen molar-refractivity contribution < 1.29 is 9.50 Å². The molecule has 8 heteroatoms. The van der Waals surface area contributed by atoms with E-state index in [2.05, 4.69) is 31.3 Å². The maximum absolute atomic E-state index is 13.3. The second-order valence-corrected chi connectivity index (χ2v) is 8.40. The second kappa shape index (κ2) is 8.36. The van der Waals surface area contributed by atoms with E-state index in [4.69, 9.17) is 0 Å². The zero-order valence-electron chi connectivity index (χ0n) is 17.4. The van der Waals surface area contributed by atoms with Crippen LogP contribution in [0.25, 0.3) is 11.3 Å². The normalized spacial score (nSPS) is 19.3. The van der Waals surface area contributed by atoms with E-state index in [0.717, 1.165) is 11.1 Å². The first-order chi connectivity index (χ1) is 14.9. The highest BCUT2D eigenvalue weighted by atomic mass is 19.1. The molecule has 31 heavy (non-hydrogen) atoms. The van der Waals surface area contributed by atoms with Crippen LogP contribution < -0.4 is 5.32 Å². The summed E-state index contributed by atoms with van der Waals surface area (Å²) in [5.74, 6) is 0.351. The first kappa shape index (κ1) is 20.8. The molecule has 0 aliphatic heterocycles. The van der Waals surface area contributed by atoms with Gasteiger partial charge in [0.25, 0.3) is 0 Å². The van der Waals surface area contributed by atoms with Gasteiger partial charge in [0.05, 0.1) is 29.3 Å². The highest BCUT2D eigenvalue weighted by Gasteiger charge is 2.47. The van der Waals surface area contributed by atoms with E-state index in [0.29, 0.717) is 42.3 Å². The van der Waals surface area contributed by atoms with Crippen LogP contribution in [0.4, 0.5) is 10.3 Å². The van der Waals surface area contributed by atoms with Gasteiger partial charge in [-0.15, -0.1) is 0 Å². The molecule has 0 bridgehead atoms. The Bertz CT molecular complexity index is 1130. The van der Waals surface area contributed by atoms with E-state index in [9.17, 15) is 14.8 Å². The molecule has 1 aliphatic rings. The van der Waals surface area contributed by atoms with E-state index in [1.807, 2.05) is 13.8 Å². The molecule has 158 valence electrons. The van der Waals surface area contributed by atoms with Crippen LogP contribution in [0.15, 0.2) is 43.0 Å². The summed E-state index contributed by atoms with van der Waals surface area (Å²) in [6.07, 6.45) is 5.65. The van der Waals surface area contributed by atoms with Crippen molar-refractivity contribution in [2.45, 2.75) is 39.3 Å². The zero-order chi connectivity index (χ0) is 22.0. The average Bonchev–Trinajstić information content (AvgIpc) is 2.78. The van der Waals surface area contributed by atoms with Gasteiger partial charge in [-0.25, -0.2) is 24.3 Å². The number of nitrogens with one attached hydrogen (secondary N) is 1. The molecule has 0 spiro atoms. The van der Waals surface area contributed by atoms with Crippen molar-refractivity contribution >= 4 is 5.95 Å². The minimum atomic E-state index is -0.328. The summed E-state index contributed by atoms with van der Waals surface area (Å²) in [6, 6.07) is 8.29. The van der Waals surface area contributed by atoms with Gasteiger partial charge in [0.1, 0.15) is 18.2 Å². The Hall–Kier alpha value is -3.44. The highest BCUT2D eigenvalue weighted by molar-refractivity contribution is 5.62. The molecule has 1 fully saturated rings. The van der Waals surface area contributed by atoms with Crippen molar-refractivity contribution in [2.75, 3.05) is 5.32 Å². The van der Waals surface area contributed by atoms with E-state index in [-0.39, 0.29) is 23.3 Å².